The van der Waals surface area contributed by atoms with Gasteiger partial charge in [-0.1, -0.05) is 11.6 Å². The summed E-state index contributed by atoms with van der Waals surface area (Å²) >= 11 is 6.01. The maximum Gasteiger partial charge on any atom is 0.328 e. The first kappa shape index (κ1) is 12.5. The van der Waals surface area contributed by atoms with Gasteiger partial charge in [0.05, 0.1) is 12.3 Å². The van der Waals surface area contributed by atoms with E-state index in [1.807, 2.05) is 30.0 Å². The van der Waals surface area contributed by atoms with Crippen molar-refractivity contribution in [3.05, 3.63) is 28.8 Å². The molecule has 1 aromatic carbocycles. The van der Waals surface area contributed by atoms with Crippen LogP contribution in [-0.2, 0) is 16.1 Å². The number of benzene rings is 1. The van der Waals surface area contributed by atoms with E-state index >= 15 is 0 Å². The lowest BCUT2D eigenvalue weighted by Gasteiger charge is -2.29. The molecule has 0 saturated carbocycles. The number of hydrogen-bond acceptors (Lipinski definition) is 4. The summed E-state index contributed by atoms with van der Waals surface area (Å²) in [4.78, 5) is 18.6. The third kappa shape index (κ3) is 2.21. The topological polar surface area (TPSA) is 41.9 Å². The van der Waals surface area contributed by atoms with Crippen molar-refractivity contribution >= 4 is 29.1 Å². The summed E-state index contributed by atoms with van der Waals surface area (Å²) < 4.78 is 5.12. The minimum Gasteiger partial charge on any atom is -0.464 e. The maximum absolute atomic E-state index is 11.9. The van der Waals surface area contributed by atoms with Gasteiger partial charge in [0.25, 0.3) is 0 Å². The summed E-state index contributed by atoms with van der Waals surface area (Å²) in [5.41, 5.74) is 2.02. The van der Waals surface area contributed by atoms with E-state index in [1.165, 1.54) is 0 Å². The first-order valence-electron chi connectivity index (χ1n) is 6.48. The number of ether oxygens (including phenoxy) is 1. The standard InChI is InChI=1S/C14H15ClN2O2/c1-2-19-14(18)12-5-6-13-16-11-4-3-10(15)7-9(11)8-17(12)13/h3-4,7,12H,2,5-6,8H2,1H3/t12-/m0/s1. The molecule has 1 atom stereocenters. The lowest BCUT2D eigenvalue weighted by atomic mass is 10.1. The zero-order chi connectivity index (χ0) is 13.4. The predicted octanol–water partition coefficient (Wildman–Crippen LogP) is 2.91. The molecule has 0 aliphatic carbocycles. The highest BCUT2D eigenvalue weighted by atomic mass is 35.5. The largest absolute Gasteiger partial charge is 0.464 e. The Morgan fingerprint density at radius 3 is 3.21 bits per heavy atom. The van der Waals surface area contributed by atoms with E-state index in [-0.39, 0.29) is 12.0 Å². The van der Waals surface area contributed by atoms with Crippen LogP contribution in [0.15, 0.2) is 23.2 Å². The van der Waals surface area contributed by atoms with Gasteiger partial charge >= 0.3 is 5.97 Å². The van der Waals surface area contributed by atoms with Crippen LogP contribution >= 0.6 is 11.6 Å². The Labute approximate surface area is 117 Å². The molecule has 3 rings (SSSR count). The van der Waals surface area contributed by atoms with Crippen molar-refractivity contribution in [3.63, 3.8) is 0 Å². The fraction of sp³-hybridized carbons (Fsp3) is 0.429. The summed E-state index contributed by atoms with van der Waals surface area (Å²) in [5.74, 6) is 0.825. The van der Waals surface area contributed by atoms with Crippen molar-refractivity contribution in [1.29, 1.82) is 0 Å². The van der Waals surface area contributed by atoms with E-state index < -0.39 is 0 Å². The van der Waals surface area contributed by atoms with Crippen molar-refractivity contribution in [2.24, 2.45) is 4.99 Å². The highest BCUT2D eigenvalue weighted by Crippen LogP contribution is 2.34. The molecule has 100 valence electrons. The molecule has 0 N–H and O–H groups in total. The number of nitrogens with zero attached hydrogens (tertiary/aromatic N) is 2. The van der Waals surface area contributed by atoms with Gasteiger partial charge in [-0.15, -0.1) is 0 Å². The summed E-state index contributed by atoms with van der Waals surface area (Å²) in [7, 11) is 0. The van der Waals surface area contributed by atoms with E-state index in [0.717, 1.165) is 29.9 Å². The highest BCUT2D eigenvalue weighted by Gasteiger charge is 2.37. The molecule has 1 aromatic rings. The van der Waals surface area contributed by atoms with E-state index in [1.54, 1.807) is 0 Å². The Kier molecular flexibility index (Phi) is 3.19. The number of aliphatic imine (C=N–C) groups is 1. The lowest BCUT2D eigenvalue weighted by molar-refractivity contribution is -0.147. The van der Waals surface area contributed by atoms with Crippen LogP contribution in [0, 0.1) is 0 Å². The highest BCUT2D eigenvalue weighted by molar-refractivity contribution is 6.30. The first-order chi connectivity index (χ1) is 9.19. The van der Waals surface area contributed by atoms with Gasteiger partial charge in [0, 0.05) is 18.0 Å². The van der Waals surface area contributed by atoms with Crippen LogP contribution in [0.25, 0.3) is 0 Å². The predicted molar refractivity (Wildman–Crippen MR) is 73.7 cm³/mol. The SMILES string of the molecule is CCOC(=O)[C@@H]1CCC2=Nc3ccc(Cl)cc3CN21. The second-order valence-electron chi connectivity index (χ2n) is 4.74. The van der Waals surface area contributed by atoms with Gasteiger partial charge in [-0.2, -0.15) is 0 Å². The fourth-order valence-corrected chi connectivity index (χ4v) is 2.86. The van der Waals surface area contributed by atoms with E-state index in [0.29, 0.717) is 18.2 Å². The minimum atomic E-state index is -0.203. The molecule has 0 bridgehead atoms. The van der Waals surface area contributed by atoms with Crippen LogP contribution in [0.2, 0.25) is 5.02 Å². The average molecular weight is 279 g/mol. The minimum absolute atomic E-state index is 0.154. The second kappa shape index (κ2) is 4.85. The Hall–Kier alpha value is -1.55. The molecule has 0 radical (unpaired) electrons. The summed E-state index contributed by atoms with van der Waals surface area (Å²) in [6, 6.07) is 5.49. The van der Waals surface area contributed by atoms with Crippen molar-refractivity contribution in [3.8, 4) is 0 Å². The van der Waals surface area contributed by atoms with Gasteiger partial charge < -0.3 is 9.64 Å². The number of hydrogen-bond donors (Lipinski definition) is 0. The zero-order valence-corrected chi connectivity index (χ0v) is 11.5. The molecular formula is C14H15ClN2O2. The smallest absolute Gasteiger partial charge is 0.328 e. The monoisotopic (exact) mass is 278 g/mol. The first-order valence-corrected chi connectivity index (χ1v) is 6.86. The molecule has 1 saturated heterocycles. The zero-order valence-electron chi connectivity index (χ0n) is 10.7. The van der Waals surface area contributed by atoms with Gasteiger partial charge in [0.2, 0.25) is 0 Å². The van der Waals surface area contributed by atoms with Gasteiger partial charge in [-0.25, -0.2) is 9.79 Å². The summed E-state index contributed by atoms with van der Waals surface area (Å²) in [6.45, 7) is 2.92. The lowest BCUT2D eigenvalue weighted by Crippen LogP contribution is -2.40. The summed E-state index contributed by atoms with van der Waals surface area (Å²) in [5, 5.41) is 0.698. The van der Waals surface area contributed by atoms with Gasteiger partial charge in [-0.3, -0.25) is 0 Å². The molecule has 5 heteroatoms. The molecule has 2 aliphatic rings. The molecule has 0 spiro atoms. The molecule has 4 nitrogen and oxygen atoms in total. The molecule has 0 unspecified atom stereocenters. The normalized spacial score (nSPS) is 20.6. The van der Waals surface area contributed by atoms with Crippen LogP contribution in [0.3, 0.4) is 0 Å². The Morgan fingerprint density at radius 1 is 1.58 bits per heavy atom. The van der Waals surface area contributed by atoms with Crippen molar-refractivity contribution < 1.29 is 9.53 Å². The number of carbonyl (C=O) groups excluding carboxylic acids is 1. The quantitative estimate of drug-likeness (QED) is 0.781. The third-order valence-electron chi connectivity index (χ3n) is 3.54. The molecule has 19 heavy (non-hydrogen) atoms. The molecule has 0 aromatic heterocycles. The Morgan fingerprint density at radius 2 is 2.42 bits per heavy atom. The third-order valence-corrected chi connectivity index (χ3v) is 3.77. The number of fused-ring (bicyclic) bond motifs is 2. The number of rotatable bonds is 2. The molecule has 2 heterocycles. The van der Waals surface area contributed by atoms with Crippen LogP contribution in [-0.4, -0.2) is 29.4 Å². The molecular weight excluding hydrogens is 264 g/mol. The molecule has 0 amide bonds. The van der Waals surface area contributed by atoms with Gasteiger partial charge in [-0.05, 0) is 37.1 Å². The van der Waals surface area contributed by atoms with Gasteiger partial charge in [0.15, 0.2) is 0 Å². The van der Waals surface area contributed by atoms with E-state index in [9.17, 15) is 4.79 Å². The number of amidine groups is 1. The molecule has 1 fully saturated rings. The number of esters is 1. The van der Waals surface area contributed by atoms with Crippen molar-refractivity contribution in [2.75, 3.05) is 6.61 Å². The van der Waals surface area contributed by atoms with Crippen LogP contribution in [0.1, 0.15) is 25.3 Å². The Balaban J connectivity index is 1.89. The van der Waals surface area contributed by atoms with Crippen molar-refractivity contribution in [1.82, 2.24) is 4.90 Å². The number of carbonyl (C=O) groups is 1. The van der Waals surface area contributed by atoms with Crippen LogP contribution < -0.4 is 0 Å². The van der Waals surface area contributed by atoms with Gasteiger partial charge in [0.1, 0.15) is 11.9 Å². The Bertz CT molecular complexity index is 556. The van der Waals surface area contributed by atoms with E-state index in [2.05, 4.69) is 4.99 Å². The van der Waals surface area contributed by atoms with Crippen molar-refractivity contribution in [2.45, 2.75) is 32.4 Å². The average Bonchev–Trinajstić information content (AvgIpc) is 2.79. The molecule has 2 aliphatic heterocycles. The fourth-order valence-electron chi connectivity index (χ4n) is 2.66. The number of halogens is 1. The maximum atomic E-state index is 11.9. The summed E-state index contributed by atoms with van der Waals surface area (Å²) in [6.07, 6.45) is 1.60. The van der Waals surface area contributed by atoms with Crippen LogP contribution in [0.4, 0.5) is 5.69 Å². The second-order valence-corrected chi connectivity index (χ2v) is 5.17. The van der Waals surface area contributed by atoms with E-state index in [4.69, 9.17) is 16.3 Å². The van der Waals surface area contributed by atoms with Crippen LogP contribution in [0.5, 0.6) is 0 Å².